The smallest absolute Gasteiger partial charge is 0.334 e. The molecule has 0 aliphatic heterocycles. The number of carbonyl (C=O) groups is 2. The molecule has 0 saturated heterocycles. The minimum atomic E-state index is -1.67. The Balaban J connectivity index is 2.58. The van der Waals surface area contributed by atoms with Crippen LogP contribution >= 0.6 is 23.2 Å². The number of aliphatic carboxylic acids is 1. The number of hydrogen-bond acceptors (Lipinski definition) is 3. The average molecular weight is 293 g/mol. The van der Waals surface area contributed by atoms with E-state index in [9.17, 15) is 9.59 Å². The molecule has 0 aromatic heterocycles. The van der Waals surface area contributed by atoms with Gasteiger partial charge in [0.15, 0.2) is 6.10 Å². The second kappa shape index (κ2) is 6.44. The quantitative estimate of drug-likeness (QED) is 0.677. The van der Waals surface area contributed by atoms with Gasteiger partial charge in [0, 0.05) is 0 Å². The van der Waals surface area contributed by atoms with Crippen LogP contribution in [0, 0.1) is 0 Å². The average Bonchev–Trinajstić information content (AvgIpc) is 2.30. The molecule has 1 rings (SSSR count). The van der Waals surface area contributed by atoms with Gasteiger partial charge in [-0.3, -0.25) is 0 Å². The lowest BCUT2D eigenvalue weighted by atomic mass is 10.3. The first-order chi connectivity index (χ1) is 8.41. The van der Waals surface area contributed by atoms with Crippen molar-refractivity contribution in [3.8, 4) is 0 Å². The van der Waals surface area contributed by atoms with E-state index in [1.807, 2.05) is 0 Å². The normalized spacial score (nSPS) is 11.7. The van der Waals surface area contributed by atoms with Gasteiger partial charge in [0.2, 0.25) is 0 Å². The first-order valence-corrected chi connectivity index (χ1v) is 5.57. The first-order valence-electron chi connectivity index (χ1n) is 4.81. The fourth-order valence-electron chi connectivity index (χ4n) is 1.05. The number of para-hydroxylation sites is 1. The maximum atomic E-state index is 11.4. The molecule has 18 heavy (non-hydrogen) atoms. The Labute approximate surface area is 113 Å². The third-order valence-corrected chi connectivity index (χ3v) is 2.57. The van der Waals surface area contributed by atoms with Crippen LogP contribution in [0.1, 0.15) is 0 Å². The van der Waals surface area contributed by atoms with E-state index < -0.39 is 24.6 Å². The molecule has 1 aromatic carbocycles. The zero-order chi connectivity index (χ0) is 13.7. The number of carbonyl (C=O) groups excluding carboxylic acids is 1. The minimum absolute atomic E-state index is 0.211. The van der Waals surface area contributed by atoms with Crippen LogP contribution in [0.4, 0.5) is 10.5 Å². The molecule has 0 aliphatic carbocycles. The van der Waals surface area contributed by atoms with Crippen LogP contribution in [-0.2, 0) is 4.79 Å². The predicted octanol–water partition coefficient (Wildman–Crippen LogP) is 1.56. The van der Waals surface area contributed by atoms with E-state index in [1.165, 1.54) is 12.1 Å². The number of anilines is 1. The lowest BCUT2D eigenvalue weighted by Crippen LogP contribution is -2.38. The Morgan fingerprint density at radius 1 is 1.28 bits per heavy atom. The molecule has 98 valence electrons. The van der Waals surface area contributed by atoms with Gasteiger partial charge in [-0.05, 0) is 12.1 Å². The van der Waals surface area contributed by atoms with E-state index >= 15 is 0 Å². The first kappa shape index (κ1) is 14.6. The molecular weight excluding hydrogens is 283 g/mol. The summed E-state index contributed by atoms with van der Waals surface area (Å²) in [5.74, 6) is -1.42. The van der Waals surface area contributed by atoms with Crippen LogP contribution in [0.25, 0.3) is 0 Å². The summed E-state index contributed by atoms with van der Waals surface area (Å²) < 4.78 is 0. The number of hydrogen-bond donors (Lipinski definition) is 4. The Morgan fingerprint density at radius 2 is 1.83 bits per heavy atom. The molecule has 0 spiro atoms. The van der Waals surface area contributed by atoms with Crippen molar-refractivity contribution in [2.75, 3.05) is 11.9 Å². The zero-order valence-corrected chi connectivity index (χ0v) is 10.5. The number of amides is 2. The van der Waals surface area contributed by atoms with Crippen LogP contribution in [0.15, 0.2) is 18.2 Å². The van der Waals surface area contributed by atoms with E-state index in [0.29, 0.717) is 0 Å². The molecule has 1 atom stereocenters. The van der Waals surface area contributed by atoms with Crippen LogP contribution < -0.4 is 10.6 Å². The van der Waals surface area contributed by atoms with Crippen molar-refractivity contribution in [2.24, 2.45) is 0 Å². The van der Waals surface area contributed by atoms with Crippen molar-refractivity contribution in [3.05, 3.63) is 28.2 Å². The van der Waals surface area contributed by atoms with E-state index in [-0.39, 0.29) is 15.7 Å². The zero-order valence-electron chi connectivity index (χ0n) is 8.98. The molecule has 0 bridgehead atoms. The summed E-state index contributed by atoms with van der Waals surface area (Å²) in [6.07, 6.45) is -1.67. The van der Waals surface area contributed by atoms with Gasteiger partial charge in [0.05, 0.1) is 22.3 Å². The largest absolute Gasteiger partial charge is 0.479 e. The molecule has 0 saturated carbocycles. The Morgan fingerprint density at radius 3 is 2.33 bits per heavy atom. The molecule has 1 unspecified atom stereocenters. The number of nitrogens with one attached hydrogen (secondary N) is 2. The lowest BCUT2D eigenvalue weighted by Gasteiger charge is -2.11. The number of aliphatic hydroxyl groups excluding tert-OH is 1. The van der Waals surface area contributed by atoms with Gasteiger partial charge in [0.1, 0.15) is 0 Å². The molecule has 0 fully saturated rings. The van der Waals surface area contributed by atoms with Gasteiger partial charge in [0.25, 0.3) is 0 Å². The van der Waals surface area contributed by atoms with Gasteiger partial charge >= 0.3 is 12.0 Å². The highest BCUT2D eigenvalue weighted by Gasteiger charge is 2.15. The van der Waals surface area contributed by atoms with Crippen LogP contribution in [0.3, 0.4) is 0 Å². The number of carboxylic acid groups (broad SMARTS) is 1. The van der Waals surface area contributed by atoms with E-state index in [2.05, 4.69) is 10.6 Å². The maximum Gasteiger partial charge on any atom is 0.334 e. The van der Waals surface area contributed by atoms with E-state index in [1.54, 1.807) is 6.07 Å². The molecule has 2 amide bonds. The SMILES string of the molecule is O=C(NCC(O)C(=O)O)Nc1c(Cl)cccc1Cl. The van der Waals surface area contributed by atoms with Crippen molar-refractivity contribution < 1.29 is 19.8 Å². The van der Waals surface area contributed by atoms with Crippen LogP contribution in [0.5, 0.6) is 0 Å². The monoisotopic (exact) mass is 292 g/mol. The van der Waals surface area contributed by atoms with Crippen LogP contribution in [-0.4, -0.2) is 34.9 Å². The van der Waals surface area contributed by atoms with E-state index in [0.717, 1.165) is 0 Å². The minimum Gasteiger partial charge on any atom is -0.479 e. The fourth-order valence-corrected chi connectivity index (χ4v) is 1.54. The van der Waals surface area contributed by atoms with Gasteiger partial charge < -0.3 is 20.8 Å². The number of urea groups is 1. The highest BCUT2D eigenvalue weighted by Crippen LogP contribution is 2.29. The Bertz CT molecular complexity index is 447. The van der Waals surface area contributed by atoms with Gasteiger partial charge in [-0.1, -0.05) is 29.3 Å². The van der Waals surface area contributed by atoms with Crippen molar-refractivity contribution in [1.29, 1.82) is 0 Å². The molecule has 0 heterocycles. The van der Waals surface area contributed by atoms with Gasteiger partial charge in [-0.25, -0.2) is 9.59 Å². The summed E-state index contributed by atoms with van der Waals surface area (Å²) in [5, 5.41) is 22.4. The lowest BCUT2D eigenvalue weighted by molar-refractivity contribution is -0.146. The summed E-state index contributed by atoms with van der Waals surface area (Å²) in [7, 11) is 0. The molecular formula is C10H10Cl2N2O4. The summed E-state index contributed by atoms with van der Waals surface area (Å²) in [4.78, 5) is 21.7. The highest BCUT2D eigenvalue weighted by atomic mass is 35.5. The number of aliphatic hydroxyl groups is 1. The molecule has 0 aliphatic rings. The Kier molecular flexibility index (Phi) is 5.21. The summed E-state index contributed by atoms with van der Waals surface area (Å²) in [6, 6.07) is 3.97. The number of carboxylic acids is 1. The van der Waals surface area contributed by atoms with Crippen LogP contribution in [0.2, 0.25) is 10.0 Å². The summed E-state index contributed by atoms with van der Waals surface area (Å²) in [5.41, 5.74) is 0.211. The fraction of sp³-hybridized carbons (Fsp3) is 0.200. The molecule has 8 heteroatoms. The molecule has 4 N–H and O–H groups in total. The van der Waals surface area contributed by atoms with Gasteiger partial charge in [-0.2, -0.15) is 0 Å². The number of rotatable bonds is 4. The van der Waals surface area contributed by atoms with Crippen molar-refractivity contribution in [2.45, 2.75) is 6.10 Å². The topological polar surface area (TPSA) is 98.7 Å². The number of halogens is 2. The van der Waals surface area contributed by atoms with Crippen molar-refractivity contribution in [3.63, 3.8) is 0 Å². The van der Waals surface area contributed by atoms with E-state index in [4.69, 9.17) is 33.4 Å². The maximum absolute atomic E-state index is 11.4. The highest BCUT2D eigenvalue weighted by molar-refractivity contribution is 6.39. The third kappa shape index (κ3) is 4.06. The van der Waals surface area contributed by atoms with Gasteiger partial charge in [-0.15, -0.1) is 0 Å². The van der Waals surface area contributed by atoms with Crippen molar-refractivity contribution >= 4 is 40.9 Å². The number of benzene rings is 1. The molecule has 1 aromatic rings. The molecule has 6 nitrogen and oxygen atoms in total. The van der Waals surface area contributed by atoms with Crippen molar-refractivity contribution in [1.82, 2.24) is 5.32 Å². The summed E-state index contributed by atoms with van der Waals surface area (Å²) >= 11 is 11.6. The standard InChI is InChI=1S/C10H10Cl2N2O4/c11-5-2-1-3-6(12)8(5)14-10(18)13-4-7(15)9(16)17/h1-3,7,15H,4H2,(H,16,17)(H2,13,14,18). The second-order valence-electron chi connectivity index (χ2n) is 3.29. The Hall–Kier alpha value is -1.50. The summed E-state index contributed by atoms with van der Waals surface area (Å²) in [6.45, 7) is -0.427. The second-order valence-corrected chi connectivity index (χ2v) is 4.10. The third-order valence-electron chi connectivity index (χ3n) is 1.94. The molecule has 0 radical (unpaired) electrons. The predicted molar refractivity (Wildman–Crippen MR) is 67.1 cm³/mol.